The summed E-state index contributed by atoms with van der Waals surface area (Å²) in [5.41, 5.74) is 10.6. The van der Waals surface area contributed by atoms with Crippen LogP contribution in [-0.2, 0) is 52.7 Å². The van der Waals surface area contributed by atoms with Crippen molar-refractivity contribution in [3.63, 3.8) is 0 Å². The summed E-state index contributed by atoms with van der Waals surface area (Å²) in [4.78, 5) is 0. The van der Waals surface area contributed by atoms with E-state index in [9.17, 15) is 0 Å². The van der Waals surface area contributed by atoms with Crippen molar-refractivity contribution in [1.82, 2.24) is 0 Å². The molecule has 0 spiro atoms. The van der Waals surface area contributed by atoms with E-state index in [0.717, 1.165) is 38.5 Å². The Morgan fingerprint density at radius 3 is 1.02 bits per heavy atom. The lowest BCUT2D eigenvalue weighted by atomic mass is 9.86. The van der Waals surface area contributed by atoms with Gasteiger partial charge in [-0.1, -0.05) is 97.2 Å². The third-order valence-electron chi connectivity index (χ3n) is 8.55. The van der Waals surface area contributed by atoms with Crippen LogP contribution in [0.3, 0.4) is 0 Å². The van der Waals surface area contributed by atoms with E-state index < -0.39 is 0 Å². The van der Waals surface area contributed by atoms with Crippen molar-refractivity contribution >= 4 is 0 Å². The molecular formula is C42H54O3. The summed E-state index contributed by atoms with van der Waals surface area (Å²) in [5.74, 6) is 0. The van der Waals surface area contributed by atoms with Crippen LogP contribution < -0.4 is 0 Å². The molecule has 2 aromatic carbocycles. The number of benzene rings is 2. The molecule has 0 saturated carbocycles. The van der Waals surface area contributed by atoms with Crippen LogP contribution in [-0.4, -0.2) is 25.4 Å². The zero-order chi connectivity index (χ0) is 32.0. The molecule has 2 aliphatic heterocycles. The van der Waals surface area contributed by atoms with Crippen molar-refractivity contribution in [1.29, 1.82) is 0 Å². The van der Waals surface area contributed by atoms with Crippen LogP contribution in [0.5, 0.6) is 0 Å². The van der Waals surface area contributed by atoms with Gasteiger partial charge in [0.2, 0.25) is 0 Å². The monoisotopic (exact) mass is 606 g/mol. The highest BCUT2D eigenvalue weighted by Crippen LogP contribution is 2.45. The molecule has 2 heterocycles. The highest BCUT2D eigenvalue weighted by atomic mass is 16.6. The molecule has 4 rings (SSSR count). The highest BCUT2D eigenvalue weighted by Gasteiger charge is 2.44. The fourth-order valence-corrected chi connectivity index (χ4v) is 6.13. The fourth-order valence-electron chi connectivity index (χ4n) is 6.13. The molecule has 0 N–H and O–H groups in total. The molecule has 45 heavy (non-hydrogen) atoms. The van der Waals surface area contributed by atoms with Gasteiger partial charge in [0.1, 0.15) is 24.4 Å². The maximum absolute atomic E-state index is 7.42. The van der Waals surface area contributed by atoms with E-state index in [0.29, 0.717) is 13.2 Å². The predicted molar refractivity (Wildman–Crippen MR) is 190 cm³/mol. The number of ether oxygens (including phenoxy) is 3. The second kappa shape index (κ2) is 18.0. The first-order valence-corrected chi connectivity index (χ1v) is 16.9. The summed E-state index contributed by atoms with van der Waals surface area (Å²) in [6.07, 6.45) is 31.4. The lowest BCUT2D eigenvalue weighted by Gasteiger charge is -2.30. The maximum Gasteiger partial charge on any atom is 0.112 e. The van der Waals surface area contributed by atoms with Gasteiger partial charge in [0.05, 0.1) is 13.2 Å². The Kier molecular flexibility index (Phi) is 13.9. The van der Waals surface area contributed by atoms with Crippen LogP contribution in [0.1, 0.15) is 98.3 Å². The third-order valence-corrected chi connectivity index (χ3v) is 8.55. The van der Waals surface area contributed by atoms with Gasteiger partial charge < -0.3 is 14.2 Å². The van der Waals surface area contributed by atoms with Gasteiger partial charge in [0, 0.05) is 0 Å². The van der Waals surface area contributed by atoms with Crippen molar-refractivity contribution in [2.75, 3.05) is 13.2 Å². The molecule has 2 saturated heterocycles. The Morgan fingerprint density at radius 2 is 0.778 bits per heavy atom. The van der Waals surface area contributed by atoms with E-state index in [1.807, 2.05) is 0 Å². The quantitative estimate of drug-likeness (QED) is 0.125. The molecule has 4 unspecified atom stereocenters. The number of allylic oxidation sites excluding steroid dienone is 12. The fraction of sp³-hybridized carbons (Fsp3) is 0.429. The van der Waals surface area contributed by atoms with Crippen molar-refractivity contribution in [2.45, 2.75) is 104 Å². The molecule has 0 aliphatic carbocycles. The van der Waals surface area contributed by atoms with Crippen molar-refractivity contribution < 1.29 is 14.2 Å². The molecule has 2 aromatic rings. The van der Waals surface area contributed by atoms with Gasteiger partial charge in [-0.2, -0.15) is 0 Å². The molecule has 4 atom stereocenters. The number of hydrogen-bond acceptors (Lipinski definition) is 3. The maximum atomic E-state index is 7.42. The zero-order valence-electron chi connectivity index (χ0n) is 28.4. The van der Waals surface area contributed by atoms with E-state index in [-0.39, 0.29) is 24.4 Å². The normalized spacial score (nSPS) is 19.8. The van der Waals surface area contributed by atoms with Gasteiger partial charge in [-0.15, -0.1) is 0 Å². The summed E-state index contributed by atoms with van der Waals surface area (Å²) in [6.45, 7) is 14.0. The SMILES string of the molecule is CC=CCc1cc(CC=CC)c(C(OC(c2c(CC=CC)cc(CC=CC)cc2CC=CC)C2CO2)C2CO2)c(CC=CC)c1. The topological polar surface area (TPSA) is 34.3 Å². The van der Waals surface area contributed by atoms with Crippen LogP contribution in [0.4, 0.5) is 0 Å². The first kappa shape index (κ1) is 34.6. The van der Waals surface area contributed by atoms with Gasteiger partial charge in [0.25, 0.3) is 0 Å². The zero-order valence-corrected chi connectivity index (χ0v) is 28.4. The Balaban J connectivity index is 1.88. The molecule has 0 radical (unpaired) electrons. The van der Waals surface area contributed by atoms with Crippen LogP contribution in [0, 0.1) is 0 Å². The summed E-state index contributed by atoms with van der Waals surface area (Å²) in [5, 5.41) is 0. The molecule has 0 bridgehead atoms. The second-order valence-corrected chi connectivity index (χ2v) is 12.0. The predicted octanol–water partition coefficient (Wildman–Crippen LogP) is 9.99. The van der Waals surface area contributed by atoms with Crippen molar-refractivity contribution in [3.8, 4) is 0 Å². The van der Waals surface area contributed by atoms with Crippen molar-refractivity contribution in [3.05, 3.63) is 142 Å². The standard InChI is InChI=1S/C42H54O3/c1-7-13-19-31-25-33(21-15-9-3)39(34(26-31)22-16-10-4)41(37-29-43-37)45-42(38-30-44-38)40-35(23-17-11-5)27-32(20-14-8-2)28-36(40)24-18-12-6/h7-18,25-28,37-38,41-42H,19-24,29-30H2,1-6H3. The first-order valence-electron chi connectivity index (χ1n) is 16.9. The van der Waals surface area contributed by atoms with Crippen LogP contribution in [0.15, 0.2) is 97.2 Å². The molecule has 3 nitrogen and oxygen atoms in total. The van der Waals surface area contributed by atoms with Gasteiger partial charge in [-0.25, -0.2) is 0 Å². The average Bonchev–Trinajstić information content (AvgIpc) is 3.98. The molecule has 0 aromatic heterocycles. The lowest BCUT2D eigenvalue weighted by Crippen LogP contribution is -2.23. The van der Waals surface area contributed by atoms with Crippen LogP contribution >= 0.6 is 0 Å². The summed E-state index contributed by atoms with van der Waals surface area (Å²) in [7, 11) is 0. The molecule has 2 fully saturated rings. The van der Waals surface area contributed by atoms with Gasteiger partial charge >= 0.3 is 0 Å². The first-order chi connectivity index (χ1) is 22.1. The average molecular weight is 607 g/mol. The molecule has 240 valence electrons. The summed E-state index contributed by atoms with van der Waals surface area (Å²) in [6, 6.07) is 9.56. The van der Waals surface area contributed by atoms with E-state index in [4.69, 9.17) is 14.2 Å². The van der Waals surface area contributed by atoms with Crippen LogP contribution in [0.25, 0.3) is 0 Å². The van der Waals surface area contributed by atoms with E-state index in [1.54, 1.807) is 0 Å². The molecule has 2 aliphatic rings. The van der Waals surface area contributed by atoms with Crippen LogP contribution in [0.2, 0.25) is 0 Å². The second-order valence-electron chi connectivity index (χ2n) is 12.0. The Hall–Kier alpha value is -3.24. The minimum atomic E-state index is -0.178. The molecular weight excluding hydrogens is 552 g/mol. The number of epoxide rings is 2. The lowest BCUT2D eigenvalue weighted by molar-refractivity contribution is -0.0432. The van der Waals surface area contributed by atoms with Gasteiger partial charge in [0.15, 0.2) is 0 Å². The molecule has 0 amide bonds. The highest BCUT2D eigenvalue weighted by molar-refractivity contribution is 5.47. The Morgan fingerprint density at radius 1 is 0.511 bits per heavy atom. The van der Waals surface area contributed by atoms with Crippen molar-refractivity contribution in [2.24, 2.45) is 0 Å². The van der Waals surface area contributed by atoms with Gasteiger partial charge in [-0.3, -0.25) is 0 Å². The Labute approximate surface area is 273 Å². The smallest absolute Gasteiger partial charge is 0.112 e. The Bertz CT molecular complexity index is 1230. The number of rotatable bonds is 18. The number of hydrogen-bond donors (Lipinski definition) is 0. The van der Waals surface area contributed by atoms with E-state index in [2.05, 4.69) is 139 Å². The van der Waals surface area contributed by atoms with E-state index >= 15 is 0 Å². The molecule has 3 heteroatoms. The summed E-state index contributed by atoms with van der Waals surface area (Å²) >= 11 is 0. The minimum absolute atomic E-state index is 0.0355. The third kappa shape index (κ3) is 9.87. The summed E-state index contributed by atoms with van der Waals surface area (Å²) < 4.78 is 19.6. The van der Waals surface area contributed by atoms with E-state index in [1.165, 1.54) is 44.5 Å². The largest absolute Gasteiger partial charge is 0.370 e. The minimum Gasteiger partial charge on any atom is -0.370 e. The van der Waals surface area contributed by atoms with Gasteiger partial charge in [-0.05, 0) is 125 Å².